The maximum atomic E-state index is 12.6. The zero-order valence-corrected chi connectivity index (χ0v) is 8.46. The molecule has 0 bridgehead atoms. The van der Waals surface area contributed by atoms with Crippen molar-refractivity contribution in [2.24, 2.45) is 0 Å². The molecule has 0 saturated heterocycles. The minimum atomic E-state index is -0.369. The third kappa shape index (κ3) is 2.17. The second-order valence-corrected chi connectivity index (χ2v) is 3.77. The summed E-state index contributed by atoms with van der Waals surface area (Å²) in [7, 11) is 0. The standard InChI is InChI=1S/C10H6FN3S/c11-7-1-2-8(13-5-7)9-6-15-10(14-9)3-4-12/h1-2,5-6H,3H2. The van der Waals surface area contributed by atoms with Gasteiger partial charge < -0.3 is 0 Å². The molecule has 5 heteroatoms. The Kier molecular flexibility index (Phi) is 2.70. The molecule has 2 aromatic rings. The smallest absolute Gasteiger partial charge is 0.141 e. The molecule has 15 heavy (non-hydrogen) atoms. The molecule has 2 heterocycles. The van der Waals surface area contributed by atoms with Gasteiger partial charge in [-0.05, 0) is 12.1 Å². The van der Waals surface area contributed by atoms with E-state index in [0.717, 1.165) is 11.2 Å². The molecule has 3 nitrogen and oxygen atoms in total. The van der Waals surface area contributed by atoms with Crippen molar-refractivity contribution in [3.8, 4) is 17.5 Å². The van der Waals surface area contributed by atoms with E-state index < -0.39 is 0 Å². The van der Waals surface area contributed by atoms with Crippen molar-refractivity contribution < 1.29 is 4.39 Å². The first-order valence-corrected chi connectivity index (χ1v) is 5.11. The van der Waals surface area contributed by atoms with Gasteiger partial charge in [0.2, 0.25) is 0 Å². The molecule has 0 spiro atoms. The Hall–Kier alpha value is -1.80. The highest BCUT2D eigenvalue weighted by Crippen LogP contribution is 2.20. The summed E-state index contributed by atoms with van der Waals surface area (Å²) in [6.45, 7) is 0. The van der Waals surface area contributed by atoms with Gasteiger partial charge in [-0.15, -0.1) is 11.3 Å². The van der Waals surface area contributed by atoms with Crippen molar-refractivity contribution >= 4 is 11.3 Å². The SMILES string of the molecule is N#CCc1nc(-c2ccc(F)cn2)cs1. The summed E-state index contributed by atoms with van der Waals surface area (Å²) in [5.74, 6) is -0.369. The van der Waals surface area contributed by atoms with E-state index in [9.17, 15) is 4.39 Å². The summed E-state index contributed by atoms with van der Waals surface area (Å²) in [5.41, 5.74) is 1.31. The van der Waals surface area contributed by atoms with Crippen molar-refractivity contribution in [2.45, 2.75) is 6.42 Å². The summed E-state index contributed by atoms with van der Waals surface area (Å²) in [5, 5.41) is 11.0. The van der Waals surface area contributed by atoms with Crippen LogP contribution in [0.3, 0.4) is 0 Å². The van der Waals surface area contributed by atoms with Crippen LogP contribution in [0.2, 0.25) is 0 Å². The Labute approximate surface area is 89.9 Å². The minimum Gasteiger partial charge on any atom is -0.252 e. The molecule has 2 rings (SSSR count). The molecule has 0 aliphatic carbocycles. The fraction of sp³-hybridized carbons (Fsp3) is 0.100. The van der Waals surface area contributed by atoms with Crippen LogP contribution in [0.15, 0.2) is 23.7 Å². The van der Waals surface area contributed by atoms with Crippen molar-refractivity contribution in [3.05, 3.63) is 34.5 Å². The summed E-state index contributed by atoms with van der Waals surface area (Å²) in [6.07, 6.45) is 1.45. The van der Waals surface area contributed by atoms with Gasteiger partial charge in [0.25, 0.3) is 0 Å². The summed E-state index contributed by atoms with van der Waals surface area (Å²) >= 11 is 1.41. The van der Waals surface area contributed by atoms with Crippen LogP contribution < -0.4 is 0 Å². The predicted molar refractivity (Wildman–Crippen MR) is 54.6 cm³/mol. The molecule has 0 N–H and O–H groups in total. The van der Waals surface area contributed by atoms with E-state index in [1.165, 1.54) is 17.4 Å². The number of halogens is 1. The molecular weight excluding hydrogens is 213 g/mol. The molecule has 0 unspecified atom stereocenters. The van der Waals surface area contributed by atoms with Gasteiger partial charge in [0.05, 0.1) is 30.1 Å². The van der Waals surface area contributed by atoms with Gasteiger partial charge in [0, 0.05) is 5.38 Å². The number of pyridine rings is 1. The fourth-order valence-corrected chi connectivity index (χ4v) is 1.82. The average molecular weight is 219 g/mol. The van der Waals surface area contributed by atoms with E-state index in [2.05, 4.69) is 9.97 Å². The van der Waals surface area contributed by atoms with Crippen molar-refractivity contribution in [2.75, 3.05) is 0 Å². The number of hydrogen-bond acceptors (Lipinski definition) is 4. The first-order chi connectivity index (χ1) is 7.29. The molecule has 0 amide bonds. The Bertz CT molecular complexity index is 498. The quantitative estimate of drug-likeness (QED) is 0.779. The van der Waals surface area contributed by atoms with Crippen LogP contribution >= 0.6 is 11.3 Å². The average Bonchev–Trinajstić information content (AvgIpc) is 2.68. The van der Waals surface area contributed by atoms with E-state index in [1.807, 2.05) is 11.4 Å². The number of hydrogen-bond donors (Lipinski definition) is 0. The highest BCUT2D eigenvalue weighted by Gasteiger charge is 2.05. The molecular formula is C10H6FN3S. The van der Waals surface area contributed by atoms with Gasteiger partial charge in [-0.25, -0.2) is 9.37 Å². The van der Waals surface area contributed by atoms with E-state index in [1.54, 1.807) is 6.07 Å². The molecule has 2 aromatic heterocycles. The van der Waals surface area contributed by atoms with Crippen LogP contribution in [0.1, 0.15) is 5.01 Å². The molecule has 0 radical (unpaired) electrons. The van der Waals surface area contributed by atoms with Crippen molar-refractivity contribution in [3.63, 3.8) is 0 Å². The number of thiazole rings is 1. The molecule has 0 aromatic carbocycles. The monoisotopic (exact) mass is 219 g/mol. The second kappa shape index (κ2) is 4.15. The number of rotatable bonds is 2. The lowest BCUT2D eigenvalue weighted by Gasteiger charge is -1.93. The Morgan fingerprint density at radius 3 is 2.93 bits per heavy atom. The van der Waals surface area contributed by atoms with Gasteiger partial charge in [-0.2, -0.15) is 5.26 Å². The van der Waals surface area contributed by atoms with Gasteiger partial charge in [0.15, 0.2) is 0 Å². The lowest BCUT2D eigenvalue weighted by atomic mass is 10.3. The summed E-state index contributed by atoms with van der Waals surface area (Å²) < 4.78 is 12.6. The number of nitriles is 1. The third-order valence-electron chi connectivity index (χ3n) is 1.77. The molecule has 0 aliphatic heterocycles. The van der Waals surface area contributed by atoms with Gasteiger partial charge in [0.1, 0.15) is 10.8 Å². The predicted octanol–water partition coefficient (Wildman–Crippen LogP) is 2.41. The third-order valence-corrected chi connectivity index (χ3v) is 2.62. The number of nitrogens with zero attached hydrogens (tertiary/aromatic N) is 3. The van der Waals surface area contributed by atoms with Crippen LogP contribution in [0.5, 0.6) is 0 Å². The van der Waals surface area contributed by atoms with Crippen LogP contribution in [-0.4, -0.2) is 9.97 Å². The highest BCUT2D eigenvalue weighted by atomic mass is 32.1. The normalized spacial score (nSPS) is 9.87. The molecule has 0 fully saturated rings. The Morgan fingerprint density at radius 1 is 1.40 bits per heavy atom. The van der Waals surface area contributed by atoms with Crippen LogP contribution in [-0.2, 0) is 6.42 Å². The second-order valence-electron chi connectivity index (χ2n) is 2.82. The Morgan fingerprint density at radius 2 is 2.27 bits per heavy atom. The fourth-order valence-electron chi connectivity index (χ4n) is 1.10. The number of aromatic nitrogens is 2. The first kappa shape index (κ1) is 9.74. The highest BCUT2D eigenvalue weighted by molar-refractivity contribution is 7.10. The van der Waals surface area contributed by atoms with Gasteiger partial charge in [-0.1, -0.05) is 0 Å². The van der Waals surface area contributed by atoms with E-state index >= 15 is 0 Å². The molecule has 0 aliphatic rings. The Balaban J connectivity index is 2.30. The van der Waals surface area contributed by atoms with E-state index in [0.29, 0.717) is 17.8 Å². The molecule has 74 valence electrons. The zero-order chi connectivity index (χ0) is 10.7. The van der Waals surface area contributed by atoms with Gasteiger partial charge in [-0.3, -0.25) is 4.98 Å². The molecule has 0 atom stereocenters. The lowest BCUT2D eigenvalue weighted by molar-refractivity contribution is 0.622. The topological polar surface area (TPSA) is 49.6 Å². The van der Waals surface area contributed by atoms with Crippen LogP contribution in [0.4, 0.5) is 4.39 Å². The molecule has 0 saturated carbocycles. The van der Waals surface area contributed by atoms with Crippen molar-refractivity contribution in [1.82, 2.24) is 9.97 Å². The van der Waals surface area contributed by atoms with Gasteiger partial charge >= 0.3 is 0 Å². The van der Waals surface area contributed by atoms with Crippen LogP contribution in [0, 0.1) is 17.1 Å². The lowest BCUT2D eigenvalue weighted by Crippen LogP contribution is -1.85. The maximum Gasteiger partial charge on any atom is 0.141 e. The van der Waals surface area contributed by atoms with Crippen LogP contribution in [0.25, 0.3) is 11.4 Å². The maximum absolute atomic E-state index is 12.6. The summed E-state index contributed by atoms with van der Waals surface area (Å²) in [6, 6.07) is 4.93. The minimum absolute atomic E-state index is 0.297. The van der Waals surface area contributed by atoms with E-state index in [-0.39, 0.29) is 5.82 Å². The van der Waals surface area contributed by atoms with Crippen molar-refractivity contribution in [1.29, 1.82) is 5.26 Å². The first-order valence-electron chi connectivity index (χ1n) is 4.23. The zero-order valence-electron chi connectivity index (χ0n) is 7.64. The largest absolute Gasteiger partial charge is 0.252 e. The summed E-state index contributed by atoms with van der Waals surface area (Å²) in [4.78, 5) is 8.12. The van der Waals surface area contributed by atoms with E-state index in [4.69, 9.17) is 5.26 Å².